The van der Waals surface area contributed by atoms with Gasteiger partial charge in [0.25, 0.3) is 0 Å². The molecule has 0 radical (unpaired) electrons. The Kier molecular flexibility index (Phi) is 6.43. The van der Waals surface area contributed by atoms with E-state index in [0.717, 1.165) is 51.4 Å². The molecule has 2 aromatic carbocycles. The maximum Gasteiger partial charge on any atom is 0.230 e. The third-order valence-electron chi connectivity index (χ3n) is 5.55. The van der Waals surface area contributed by atoms with Gasteiger partial charge in [0.15, 0.2) is 0 Å². The number of rotatable bonds is 7. The molecule has 1 aliphatic rings. The van der Waals surface area contributed by atoms with Crippen LogP contribution in [0.5, 0.6) is 0 Å². The number of nitrogens with one attached hydrogen (secondary N) is 1. The average Bonchev–Trinajstić information content (AvgIpc) is 2.69. The Balaban J connectivity index is 1.57. The van der Waals surface area contributed by atoms with Gasteiger partial charge >= 0.3 is 0 Å². The second-order valence-electron chi connectivity index (χ2n) is 7.32. The van der Waals surface area contributed by atoms with Gasteiger partial charge in [-0.2, -0.15) is 0 Å². The van der Waals surface area contributed by atoms with Crippen molar-refractivity contribution in [2.75, 3.05) is 6.54 Å². The summed E-state index contributed by atoms with van der Waals surface area (Å²) in [5.41, 5.74) is 1.21. The fraction of sp³-hybridized carbons (Fsp3) is 0.435. The second kappa shape index (κ2) is 8.98. The van der Waals surface area contributed by atoms with Crippen molar-refractivity contribution in [1.29, 1.82) is 0 Å². The van der Waals surface area contributed by atoms with Gasteiger partial charge in [0.2, 0.25) is 5.91 Å². The summed E-state index contributed by atoms with van der Waals surface area (Å²) in [5.74, 6) is -0.254. The van der Waals surface area contributed by atoms with Gasteiger partial charge in [-0.1, -0.05) is 67.8 Å². The first-order valence-corrected chi connectivity index (χ1v) is 9.80. The lowest BCUT2D eigenvalue weighted by Gasteiger charge is -2.36. The van der Waals surface area contributed by atoms with Crippen LogP contribution in [0.2, 0.25) is 0 Å². The molecule has 0 atom stereocenters. The fourth-order valence-electron chi connectivity index (χ4n) is 4.09. The Morgan fingerprint density at radius 3 is 2.35 bits per heavy atom. The van der Waals surface area contributed by atoms with E-state index in [0.29, 0.717) is 12.1 Å². The van der Waals surface area contributed by atoms with Crippen LogP contribution in [0.15, 0.2) is 54.6 Å². The first-order valence-electron chi connectivity index (χ1n) is 9.80. The predicted molar refractivity (Wildman–Crippen MR) is 104 cm³/mol. The number of unbranched alkanes of at least 4 members (excludes halogenated alkanes) is 1. The van der Waals surface area contributed by atoms with E-state index >= 15 is 0 Å². The van der Waals surface area contributed by atoms with Gasteiger partial charge < -0.3 is 5.32 Å². The van der Waals surface area contributed by atoms with Crippen LogP contribution in [-0.4, -0.2) is 12.5 Å². The van der Waals surface area contributed by atoms with Crippen molar-refractivity contribution >= 4 is 5.91 Å². The molecule has 0 spiro atoms. The topological polar surface area (TPSA) is 29.1 Å². The molecule has 2 aromatic rings. The van der Waals surface area contributed by atoms with Crippen molar-refractivity contribution in [2.45, 2.75) is 56.8 Å². The van der Waals surface area contributed by atoms with Crippen LogP contribution in [0.4, 0.5) is 4.39 Å². The molecule has 2 nitrogen and oxygen atoms in total. The standard InChI is InChI=1S/C23H28FNO/c24-21-15-6-5-14-20(21)23(16-8-2-9-17-23)22(26)25-18-10-7-13-19-11-3-1-4-12-19/h1,3-6,11-12,14-15H,2,7-10,13,16-18H2,(H,25,26). The van der Waals surface area contributed by atoms with Crippen LogP contribution < -0.4 is 5.32 Å². The first-order chi connectivity index (χ1) is 12.7. The maximum absolute atomic E-state index is 14.4. The molecule has 0 aliphatic heterocycles. The zero-order valence-corrected chi connectivity index (χ0v) is 15.3. The number of carbonyl (C=O) groups excluding carboxylic acids is 1. The number of hydrogen-bond donors (Lipinski definition) is 1. The molecule has 138 valence electrons. The summed E-state index contributed by atoms with van der Waals surface area (Å²) in [6, 6.07) is 17.2. The van der Waals surface area contributed by atoms with Gasteiger partial charge in [0.05, 0.1) is 5.41 Å². The second-order valence-corrected chi connectivity index (χ2v) is 7.32. The van der Waals surface area contributed by atoms with Gasteiger partial charge in [0, 0.05) is 12.1 Å². The van der Waals surface area contributed by atoms with Crippen molar-refractivity contribution < 1.29 is 9.18 Å². The summed E-state index contributed by atoms with van der Waals surface area (Å²) in [7, 11) is 0. The van der Waals surface area contributed by atoms with Crippen LogP contribution in [0.3, 0.4) is 0 Å². The summed E-state index contributed by atoms with van der Waals surface area (Å²) in [6.07, 6.45) is 7.57. The minimum absolute atomic E-state index is 0.00186. The Bertz CT molecular complexity index is 707. The van der Waals surface area contributed by atoms with Crippen LogP contribution >= 0.6 is 0 Å². The van der Waals surface area contributed by atoms with Gasteiger partial charge in [-0.05, 0) is 43.7 Å². The lowest BCUT2D eigenvalue weighted by Crippen LogP contribution is -2.46. The largest absolute Gasteiger partial charge is 0.355 e. The summed E-state index contributed by atoms with van der Waals surface area (Å²) in [6.45, 7) is 0.655. The summed E-state index contributed by atoms with van der Waals surface area (Å²) in [4.78, 5) is 13.0. The molecule has 1 amide bonds. The molecule has 0 heterocycles. The monoisotopic (exact) mass is 353 g/mol. The van der Waals surface area contributed by atoms with E-state index in [1.807, 2.05) is 12.1 Å². The highest BCUT2D eigenvalue weighted by Gasteiger charge is 2.42. The van der Waals surface area contributed by atoms with E-state index in [1.165, 1.54) is 11.6 Å². The lowest BCUT2D eigenvalue weighted by atomic mass is 9.68. The molecular weight excluding hydrogens is 325 g/mol. The van der Waals surface area contributed by atoms with Crippen molar-refractivity contribution in [2.24, 2.45) is 0 Å². The highest BCUT2D eigenvalue weighted by molar-refractivity contribution is 5.88. The van der Waals surface area contributed by atoms with Gasteiger partial charge in [0.1, 0.15) is 5.82 Å². The Morgan fingerprint density at radius 2 is 1.62 bits per heavy atom. The van der Waals surface area contributed by atoms with Gasteiger partial charge in [-0.3, -0.25) is 4.79 Å². The third-order valence-corrected chi connectivity index (χ3v) is 5.55. The molecule has 1 saturated carbocycles. The molecule has 0 saturated heterocycles. The van der Waals surface area contributed by atoms with Crippen molar-refractivity contribution in [3.63, 3.8) is 0 Å². The average molecular weight is 353 g/mol. The molecule has 1 fully saturated rings. The summed E-state index contributed by atoms with van der Waals surface area (Å²) < 4.78 is 14.4. The van der Waals surface area contributed by atoms with Crippen LogP contribution in [0.25, 0.3) is 0 Å². The van der Waals surface area contributed by atoms with E-state index in [2.05, 4.69) is 29.6 Å². The van der Waals surface area contributed by atoms with E-state index < -0.39 is 5.41 Å². The third kappa shape index (κ3) is 4.32. The van der Waals surface area contributed by atoms with Gasteiger partial charge in [-0.25, -0.2) is 4.39 Å². The molecular formula is C23H28FNO. The number of carbonyl (C=O) groups is 1. The Morgan fingerprint density at radius 1 is 0.923 bits per heavy atom. The highest BCUT2D eigenvalue weighted by atomic mass is 19.1. The summed E-state index contributed by atoms with van der Waals surface area (Å²) in [5, 5.41) is 3.10. The first kappa shape index (κ1) is 18.6. The van der Waals surface area contributed by atoms with Crippen LogP contribution in [-0.2, 0) is 16.6 Å². The zero-order chi connectivity index (χ0) is 18.2. The molecule has 0 unspecified atom stereocenters. The predicted octanol–water partition coefficient (Wildman–Crippen LogP) is 5.17. The van der Waals surface area contributed by atoms with Gasteiger partial charge in [-0.15, -0.1) is 0 Å². The fourth-order valence-corrected chi connectivity index (χ4v) is 4.09. The van der Waals surface area contributed by atoms with Crippen molar-refractivity contribution in [3.8, 4) is 0 Å². The van der Waals surface area contributed by atoms with E-state index in [9.17, 15) is 9.18 Å². The number of amides is 1. The number of halogens is 1. The maximum atomic E-state index is 14.4. The molecule has 0 aromatic heterocycles. The molecule has 3 rings (SSSR count). The van der Waals surface area contributed by atoms with Crippen molar-refractivity contribution in [3.05, 3.63) is 71.5 Å². The van der Waals surface area contributed by atoms with E-state index in [-0.39, 0.29) is 11.7 Å². The van der Waals surface area contributed by atoms with Crippen molar-refractivity contribution in [1.82, 2.24) is 5.32 Å². The van der Waals surface area contributed by atoms with Crippen LogP contribution in [0, 0.1) is 5.82 Å². The van der Waals surface area contributed by atoms with E-state index in [1.54, 1.807) is 12.1 Å². The summed E-state index contributed by atoms with van der Waals surface area (Å²) >= 11 is 0. The molecule has 0 bridgehead atoms. The smallest absolute Gasteiger partial charge is 0.230 e. The molecule has 26 heavy (non-hydrogen) atoms. The Labute approximate surface area is 155 Å². The molecule has 1 aliphatic carbocycles. The number of aryl methyl sites for hydroxylation is 1. The zero-order valence-electron chi connectivity index (χ0n) is 15.3. The number of hydrogen-bond acceptors (Lipinski definition) is 1. The number of benzene rings is 2. The molecule has 1 N–H and O–H groups in total. The molecule has 3 heteroatoms. The Hall–Kier alpha value is -2.16. The quantitative estimate of drug-likeness (QED) is 0.684. The lowest BCUT2D eigenvalue weighted by molar-refractivity contribution is -0.128. The minimum atomic E-state index is -0.691. The minimum Gasteiger partial charge on any atom is -0.355 e. The van der Waals surface area contributed by atoms with Crippen LogP contribution in [0.1, 0.15) is 56.1 Å². The SMILES string of the molecule is O=C(NCCCCc1ccccc1)C1(c2ccccc2F)CCCCC1. The normalized spacial score (nSPS) is 16.2. The van der Waals surface area contributed by atoms with E-state index in [4.69, 9.17) is 0 Å². The highest BCUT2D eigenvalue weighted by Crippen LogP contribution is 2.40.